The first kappa shape index (κ1) is 15.8. The molecule has 0 saturated carbocycles. The number of piperazine rings is 1. The van der Waals surface area contributed by atoms with Gasteiger partial charge in [-0.3, -0.25) is 4.90 Å². The minimum Gasteiger partial charge on any atom is -0.330 e. The number of rotatable bonds is 4. The van der Waals surface area contributed by atoms with Crippen LogP contribution in [0.4, 0.5) is 10.5 Å². The summed E-state index contributed by atoms with van der Waals surface area (Å²) in [5, 5.41) is 2.97. The van der Waals surface area contributed by atoms with Gasteiger partial charge in [-0.2, -0.15) is 0 Å². The number of carbonyl (C=O) groups is 1. The molecule has 2 rings (SSSR count). The molecule has 21 heavy (non-hydrogen) atoms. The van der Waals surface area contributed by atoms with Crippen molar-refractivity contribution in [2.24, 2.45) is 11.7 Å². The van der Waals surface area contributed by atoms with Gasteiger partial charge >= 0.3 is 6.03 Å². The van der Waals surface area contributed by atoms with Gasteiger partial charge in [0, 0.05) is 38.4 Å². The standard InChI is InChI=1S/C16H26N4O/c1-13-4-3-5-15(10-13)18-16(21)20-8-6-19(7-9-20)12-14(2)11-17/h3-5,10,14H,6-9,11-12,17H2,1-2H3,(H,18,21). The van der Waals surface area contributed by atoms with Crippen molar-refractivity contribution >= 4 is 11.7 Å². The van der Waals surface area contributed by atoms with Crippen molar-refractivity contribution in [1.29, 1.82) is 0 Å². The molecule has 0 radical (unpaired) electrons. The van der Waals surface area contributed by atoms with Crippen LogP contribution in [0.1, 0.15) is 12.5 Å². The highest BCUT2D eigenvalue weighted by Crippen LogP contribution is 2.12. The summed E-state index contributed by atoms with van der Waals surface area (Å²) < 4.78 is 0. The average molecular weight is 290 g/mol. The highest BCUT2D eigenvalue weighted by Gasteiger charge is 2.21. The third-order valence-electron chi connectivity index (χ3n) is 3.90. The molecule has 1 aliphatic heterocycles. The van der Waals surface area contributed by atoms with Gasteiger partial charge in [-0.05, 0) is 37.1 Å². The first-order valence-electron chi connectivity index (χ1n) is 7.63. The van der Waals surface area contributed by atoms with E-state index in [1.54, 1.807) is 0 Å². The van der Waals surface area contributed by atoms with Crippen molar-refractivity contribution in [1.82, 2.24) is 9.80 Å². The smallest absolute Gasteiger partial charge is 0.321 e. The van der Waals surface area contributed by atoms with E-state index in [0.29, 0.717) is 12.5 Å². The van der Waals surface area contributed by atoms with Crippen LogP contribution in [-0.4, -0.2) is 55.1 Å². The molecule has 1 aliphatic rings. The lowest BCUT2D eigenvalue weighted by Gasteiger charge is -2.35. The van der Waals surface area contributed by atoms with Crippen LogP contribution >= 0.6 is 0 Å². The predicted molar refractivity (Wildman–Crippen MR) is 86.4 cm³/mol. The molecule has 1 aromatic carbocycles. The molecule has 0 bridgehead atoms. The zero-order valence-electron chi connectivity index (χ0n) is 13.0. The van der Waals surface area contributed by atoms with Gasteiger partial charge in [0.05, 0.1) is 0 Å². The molecule has 0 spiro atoms. The summed E-state index contributed by atoms with van der Waals surface area (Å²) in [5.41, 5.74) is 7.67. The largest absolute Gasteiger partial charge is 0.330 e. The highest BCUT2D eigenvalue weighted by atomic mass is 16.2. The quantitative estimate of drug-likeness (QED) is 0.888. The van der Waals surface area contributed by atoms with Gasteiger partial charge in [0.15, 0.2) is 0 Å². The lowest BCUT2D eigenvalue weighted by molar-refractivity contribution is 0.137. The molecule has 5 nitrogen and oxygen atoms in total. The van der Waals surface area contributed by atoms with E-state index in [2.05, 4.69) is 17.1 Å². The van der Waals surface area contributed by atoms with Crippen molar-refractivity contribution in [3.8, 4) is 0 Å². The van der Waals surface area contributed by atoms with Crippen LogP contribution in [0, 0.1) is 12.8 Å². The Morgan fingerprint density at radius 1 is 1.33 bits per heavy atom. The third kappa shape index (κ3) is 4.72. The molecule has 5 heteroatoms. The van der Waals surface area contributed by atoms with Gasteiger partial charge in [-0.1, -0.05) is 19.1 Å². The number of nitrogens with zero attached hydrogens (tertiary/aromatic N) is 2. The van der Waals surface area contributed by atoms with E-state index in [9.17, 15) is 4.79 Å². The Kier molecular flexibility index (Phi) is 5.59. The molecular formula is C16H26N4O. The van der Waals surface area contributed by atoms with Crippen LogP contribution in [0.5, 0.6) is 0 Å². The number of nitrogens with one attached hydrogen (secondary N) is 1. The van der Waals surface area contributed by atoms with Gasteiger partial charge in [-0.15, -0.1) is 0 Å². The summed E-state index contributed by atoms with van der Waals surface area (Å²) in [6.45, 7) is 9.31. The summed E-state index contributed by atoms with van der Waals surface area (Å²) in [4.78, 5) is 16.5. The number of hydrogen-bond donors (Lipinski definition) is 2. The van der Waals surface area contributed by atoms with E-state index in [1.165, 1.54) is 0 Å². The van der Waals surface area contributed by atoms with E-state index < -0.39 is 0 Å². The van der Waals surface area contributed by atoms with Crippen molar-refractivity contribution in [3.63, 3.8) is 0 Å². The van der Waals surface area contributed by atoms with Gasteiger partial charge in [0.2, 0.25) is 0 Å². The molecule has 1 unspecified atom stereocenters. The zero-order valence-corrected chi connectivity index (χ0v) is 13.0. The van der Waals surface area contributed by atoms with Gasteiger partial charge in [0.25, 0.3) is 0 Å². The summed E-state index contributed by atoms with van der Waals surface area (Å²) >= 11 is 0. The second-order valence-corrected chi connectivity index (χ2v) is 5.93. The SMILES string of the molecule is Cc1cccc(NC(=O)N2CCN(CC(C)CN)CC2)c1. The Labute approximate surface area is 127 Å². The van der Waals surface area contributed by atoms with Crippen LogP contribution in [0.3, 0.4) is 0 Å². The Morgan fingerprint density at radius 3 is 2.67 bits per heavy atom. The minimum absolute atomic E-state index is 0.00729. The molecule has 2 amide bonds. The number of benzene rings is 1. The molecule has 116 valence electrons. The van der Waals surface area contributed by atoms with Crippen LogP contribution in [0.15, 0.2) is 24.3 Å². The Bertz CT molecular complexity index is 469. The molecule has 1 heterocycles. The Hall–Kier alpha value is -1.59. The first-order valence-corrected chi connectivity index (χ1v) is 7.63. The molecule has 1 aromatic rings. The number of aryl methyl sites for hydroxylation is 1. The number of carbonyl (C=O) groups excluding carboxylic acids is 1. The van der Waals surface area contributed by atoms with E-state index in [1.807, 2.05) is 36.1 Å². The number of amides is 2. The van der Waals surface area contributed by atoms with Crippen LogP contribution in [0.25, 0.3) is 0 Å². The highest BCUT2D eigenvalue weighted by molar-refractivity contribution is 5.89. The van der Waals surface area contributed by atoms with Crippen LogP contribution in [0.2, 0.25) is 0 Å². The molecule has 0 aromatic heterocycles. The number of hydrogen-bond acceptors (Lipinski definition) is 3. The van der Waals surface area contributed by atoms with Crippen molar-refractivity contribution in [2.45, 2.75) is 13.8 Å². The lowest BCUT2D eigenvalue weighted by Crippen LogP contribution is -2.51. The first-order chi connectivity index (χ1) is 10.1. The third-order valence-corrected chi connectivity index (χ3v) is 3.90. The molecular weight excluding hydrogens is 264 g/mol. The maximum Gasteiger partial charge on any atom is 0.321 e. The summed E-state index contributed by atoms with van der Waals surface area (Å²) in [5.74, 6) is 0.512. The Balaban J connectivity index is 1.80. The van der Waals surface area contributed by atoms with Crippen molar-refractivity contribution in [3.05, 3.63) is 29.8 Å². The topological polar surface area (TPSA) is 61.6 Å². The fraction of sp³-hybridized carbons (Fsp3) is 0.562. The number of nitrogens with two attached hydrogens (primary N) is 1. The summed E-state index contributed by atoms with van der Waals surface area (Å²) in [6.07, 6.45) is 0. The van der Waals surface area contributed by atoms with Crippen molar-refractivity contribution in [2.75, 3.05) is 44.6 Å². The normalized spacial score (nSPS) is 17.6. The second-order valence-electron chi connectivity index (χ2n) is 5.93. The number of anilines is 1. The fourth-order valence-corrected chi connectivity index (χ4v) is 2.57. The average Bonchev–Trinajstić information content (AvgIpc) is 2.47. The minimum atomic E-state index is -0.00729. The van der Waals surface area contributed by atoms with Crippen LogP contribution in [-0.2, 0) is 0 Å². The molecule has 0 aliphatic carbocycles. The molecule has 3 N–H and O–H groups in total. The van der Waals surface area contributed by atoms with E-state index in [-0.39, 0.29) is 6.03 Å². The van der Waals surface area contributed by atoms with Gasteiger partial charge in [-0.25, -0.2) is 4.79 Å². The summed E-state index contributed by atoms with van der Waals surface area (Å²) in [6, 6.07) is 7.87. The molecule has 1 saturated heterocycles. The van der Waals surface area contributed by atoms with Crippen molar-refractivity contribution < 1.29 is 4.79 Å². The second kappa shape index (κ2) is 7.43. The number of urea groups is 1. The van der Waals surface area contributed by atoms with Gasteiger partial charge < -0.3 is 16.0 Å². The van der Waals surface area contributed by atoms with Crippen LogP contribution < -0.4 is 11.1 Å². The zero-order chi connectivity index (χ0) is 15.2. The predicted octanol–water partition coefficient (Wildman–Crippen LogP) is 1.74. The summed E-state index contributed by atoms with van der Waals surface area (Å²) in [7, 11) is 0. The monoisotopic (exact) mass is 290 g/mol. The maximum absolute atomic E-state index is 12.2. The Morgan fingerprint density at radius 2 is 2.05 bits per heavy atom. The fourth-order valence-electron chi connectivity index (χ4n) is 2.57. The maximum atomic E-state index is 12.2. The molecule has 1 fully saturated rings. The van der Waals surface area contributed by atoms with Gasteiger partial charge in [0.1, 0.15) is 0 Å². The van der Waals surface area contributed by atoms with E-state index in [0.717, 1.165) is 44.0 Å². The van der Waals surface area contributed by atoms with E-state index >= 15 is 0 Å². The molecule has 1 atom stereocenters. The lowest BCUT2D eigenvalue weighted by atomic mass is 10.1. The van der Waals surface area contributed by atoms with E-state index in [4.69, 9.17) is 5.73 Å².